The second-order valence-electron chi connectivity index (χ2n) is 5.59. The van der Waals surface area contributed by atoms with Gasteiger partial charge in [-0.3, -0.25) is 10.1 Å². The molecule has 0 radical (unpaired) electrons. The van der Waals surface area contributed by atoms with Crippen molar-refractivity contribution in [1.29, 1.82) is 0 Å². The molecule has 1 amide bonds. The molecule has 134 valence electrons. The van der Waals surface area contributed by atoms with Gasteiger partial charge in [0.15, 0.2) is 0 Å². The number of nitrogens with zero attached hydrogens (tertiary/aromatic N) is 3. The number of nitro benzene ring substituents is 1. The van der Waals surface area contributed by atoms with Crippen LogP contribution < -0.4 is 0 Å². The van der Waals surface area contributed by atoms with Crippen molar-refractivity contribution in [2.45, 2.75) is 12.5 Å². The highest BCUT2D eigenvalue weighted by atomic mass is 32.1. The number of amides is 1. The maximum absolute atomic E-state index is 11.5. The third-order valence-corrected chi connectivity index (χ3v) is 5.84. The van der Waals surface area contributed by atoms with Gasteiger partial charge in [0.05, 0.1) is 21.5 Å². The second-order valence-corrected chi connectivity index (χ2v) is 7.40. The summed E-state index contributed by atoms with van der Waals surface area (Å²) < 4.78 is 0. The Hall–Kier alpha value is -2.78. The van der Waals surface area contributed by atoms with Gasteiger partial charge >= 0.3 is 6.09 Å². The molecule has 1 unspecified atom stereocenters. The maximum atomic E-state index is 11.5. The van der Waals surface area contributed by atoms with Gasteiger partial charge in [-0.1, -0.05) is 18.2 Å². The van der Waals surface area contributed by atoms with Crippen molar-refractivity contribution in [3.8, 4) is 9.88 Å². The molecule has 2 aromatic heterocycles. The first kappa shape index (κ1) is 18.0. The van der Waals surface area contributed by atoms with Gasteiger partial charge in [-0.2, -0.15) is 0 Å². The number of hydrogen-bond donors (Lipinski definition) is 1. The number of aromatic nitrogens is 1. The molecule has 0 saturated carbocycles. The van der Waals surface area contributed by atoms with Crippen LogP contribution in [-0.4, -0.2) is 33.1 Å². The van der Waals surface area contributed by atoms with Gasteiger partial charge in [0.25, 0.3) is 5.69 Å². The Morgan fingerprint density at radius 1 is 1.31 bits per heavy atom. The second kappa shape index (κ2) is 7.63. The van der Waals surface area contributed by atoms with Crippen LogP contribution in [0.15, 0.2) is 47.2 Å². The molecule has 0 aliphatic carbocycles. The van der Waals surface area contributed by atoms with E-state index in [0.717, 1.165) is 15.4 Å². The van der Waals surface area contributed by atoms with Crippen molar-refractivity contribution in [2.24, 2.45) is 0 Å². The number of non-ortho nitro benzene ring substituents is 1. The number of thiophene rings is 1. The van der Waals surface area contributed by atoms with Crippen LogP contribution in [-0.2, 0) is 6.42 Å². The van der Waals surface area contributed by atoms with Crippen LogP contribution in [0.5, 0.6) is 0 Å². The lowest BCUT2D eigenvalue weighted by Gasteiger charge is -2.24. The Balaban J connectivity index is 1.88. The standard InChI is InChI=1S/C17H15N3O4S2/c1-19(17(21)22)14(9-11-4-6-12(7-5-11)20(23)24)13-10-26-16(18-13)15-3-2-8-25-15/h2-8,10,14H,9H2,1H3,(H,21,22). The van der Waals surface area contributed by atoms with Crippen molar-refractivity contribution in [2.75, 3.05) is 7.05 Å². The lowest BCUT2D eigenvalue weighted by molar-refractivity contribution is -0.384. The van der Waals surface area contributed by atoms with Gasteiger partial charge in [0, 0.05) is 24.6 Å². The highest BCUT2D eigenvalue weighted by Crippen LogP contribution is 2.32. The molecule has 3 rings (SSSR count). The SMILES string of the molecule is CN(C(=O)O)C(Cc1ccc([N+](=O)[O-])cc1)c1csc(-c2cccs2)n1. The lowest BCUT2D eigenvalue weighted by atomic mass is 10.0. The first-order chi connectivity index (χ1) is 12.5. The van der Waals surface area contributed by atoms with E-state index < -0.39 is 17.1 Å². The van der Waals surface area contributed by atoms with Crippen LogP contribution in [0.2, 0.25) is 0 Å². The third-order valence-electron chi connectivity index (χ3n) is 3.94. The number of nitro groups is 1. The average molecular weight is 389 g/mol. The zero-order chi connectivity index (χ0) is 18.7. The van der Waals surface area contributed by atoms with E-state index in [2.05, 4.69) is 4.98 Å². The Bertz CT molecular complexity index is 907. The summed E-state index contributed by atoms with van der Waals surface area (Å²) in [4.78, 5) is 28.7. The summed E-state index contributed by atoms with van der Waals surface area (Å²) in [5.74, 6) is 0. The molecule has 9 heteroatoms. The molecule has 1 aromatic carbocycles. The van der Waals surface area contributed by atoms with Gasteiger partial charge in [-0.25, -0.2) is 9.78 Å². The maximum Gasteiger partial charge on any atom is 0.407 e. The summed E-state index contributed by atoms with van der Waals surface area (Å²) in [5, 5.41) is 24.9. The number of thiazole rings is 1. The molecule has 2 heterocycles. The molecule has 0 aliphatic rings. The molecular formula is C17H15N3O4S2. The summed E-state index contributed by atoms with van der Waals surface area (Å²) in [6.45, 7) is 0. The molecule has 0 fully saturated rings. The first-order valence-electron chi connectivity index (χ1n) is 7.64. The van der Waals surface area contributed by atoms with Crippen LogP contribution in [0.4, 0.5) is 10.5 Å². The molecule has 0 aliphatic heterocycles. The van der Waals surface area contributed by atoms with E-state index in [-0.39, 0.29) is 5.69 Å². The average Bonchev–Trinajstić information content (AvgIpc) is 3.30. The van der Waals surface area contributed by atoms with Gasteiger partial charge in [0.1, 0.15) is 5.01 Å². The van der Waals surface area contributed by atoms with Crippen molar-refractivity contribution in [1.82, 2.24) is 9.88 Å². The Labute approximate surface area is 157 Å². The largest absolute Gasteiger partial charge is 0.465 e. The van der Waals surface area contributed by atoms with Crippen molar-refractivity contribution in [3.05, 3.63) is 68.5 Å². The van der Waals surface area contributed by atoms with E-state index in [1.807, 2.05) is 22.9 Å². The lowest BCUT2D eigenvalue weighted by Crippen LogP contribution is -2.31. The molecule has 0 saturated heterocycles. The summed E-state index contributed by atoms with van der Waals surface area (Å²) >= 11 is 3.05. The normalized spacial score (nSPS) is 11.9. The highest BCUT2D eigenvalue weighted by molar-refractivity contribution is 7.20. The van der Waals surface area contributed by atoms with E-state index in [1.54, 1.807) is 23.5 Å². The molecule has 1 N–H and O–H groups in total. The molecule has 26 heavy (non-hydrogen) atoms. The zero-order valence-electron chi connectivity index (χ0n) is 13.7. The van der Waals surface area contributed by atoms with Crippen LogP contribution >= 0.6 is 22.7 Å². The van der Waals surface area contributed by atoms with E-state index in [4.69, 9.17) is 0 Å². The molecule has 0 spiro atoms. The monoisotopic (exact) mass is 389 g/mol. The summed E-state index contributed by atoms with van der Waals surface area (Å²) in [6.07, 6.45) is -0.670. The van der Waals surface area contributed by atoms with Crippen LogP contribution in [0.25, 0.3) is 9.88 Å². The van der Waals surface area contributed by atoms with E-state index in [9.17, 15) is 20.0 Å². The van der Waals surface area contributed by atoms with Crippen LogP contribution in [0, 0.1) is 10.1 Å². The Kier molecular flexibility index (Phi) is 5.29. The van der Waals surface area contributed by atoms with E-state index in [1.165, 1.54) is 35.4 Å². The quantitative estimate of drug-likeness (QED) is 0.488. The molecule has 0 bridgehead atoms. The van der Waals surface area contributed by atoms with E-state index in [0.29, 0.717) is 12.1 Å². The summed E-state index contributed by atoms with van der Waals surface area (Å²) in [7, 11) is 1.50. The summed E-state index contributed by atoms with van der Waals surface area (Å²) in [5.41, 5.74) is 1.48. The number of carbonyl (C=O) groups is 1. The van der Waals surface area contributed by atoms with Gasteiger partial charge < -0.3 is 10.0 Å². The fraction of sp³-hybridized carbons (Fsp3) is 0.176. The van der Waals surface area contributed by atoms with Gasteiger partial charge in [-0.15, -0.1) is 22.7 Å². The predicted molar refractivity (Wildman–Crippen MR) is 101 cm³/mol. The molecule has 1 atom stereocenters. The third kappa shape index (κ3) is 3.89. The summed E-state index contributed by atoms with van der Waals surface area (Å²) in [6, 6.07) is 9.58. The Morgan fingerprint density at radius 3 is 2.62 bits per heavy atom. The highest BCUT2D eigenvalue weighted by Gasteiger charge is 2.25. The smallest absolute Gasteiger partial charge is 0.407 e. The topological polar surface area (TPSA) is 96.6 Å². The van der Waals surface area contributed by atoms with Gasteiger partial charge in [0.2, 0.25) is 0 Å². The number of benzene rings is 1. The number of hydrogen-bond acceptors (Lipinski definition) is 6. The Morgan fingerprint density at radius 2 is 2.04 bits per heavy atom. The minimum atomic E-state index is -1.05. The predicted octanol–water partition coefficient (Wildman–Crippen LogP) is 4.67. The van der Waals surface area contributed by atoms with Crippen LogP contribution in [0.3, 0.4) is 0 Å². The van der Waals surface area contributed by atoms with Gasteiger partial charge in [-0.05, 0) is 23.4 Å². The number of rotatable bonds is 6. The minimum Gasteiger partial charge on any atom is -0.465 e. The first-order valence-corrected chi connectivity index (χ1v) is 9.40. The molecule has 7 nitrogen and oxygen atoms in total. The number of carboxylic acid groups (broad SMARTS) is 1. The molecule has 3 aromatic rings. The van der Waals surface area contributed by atoms with Crippen LogP contribution in [0.1, 0.15) is 17.3 Å². The zero-order valence-corrected chi connectivity index (χ0v) is 15.4. The fourth-order valence-electron chi connectivity index (χ4n) is 2.50. The number of likely N-dealkylation sites (N-methyl/N-ethyl adjacent to an activating group) is 1. The minimum absolute atomic E-state index is 0.00512. The van der Waals surface area contributed by atoms with Crippen molar-refractivity contribution < 1.29 is 14.8 Å². The fourth-order valence-corrected chi connectivity index (χ4v) is 4.18. The van der Waals surface area contributed by atoms with Crippen molar-refractivity contribution in [3.63, 3.8) is 0 Å². The van der Waals surface area contributed by atoms with E-state index >= 15 is 0 Å². The molecular weight excluding hydrogens is 374 g/mol. The van der Waals surface area contributed by atoms with Crippen molar-refractivity contribution >= 4 is 34.5 Å².